The molecule has 0 radical (unpaired) electrons. The van der Waals surface area contributed by atoms with Gasteiger partial charge in [0.25, 0.3) is 0 Å². The minimum absolute atomic E-state index is 0.0125. The van der Waals surface area contributed by atoms with Gasteiger partial charge < -0.3 is 5.73 Å². The molecule has 0 saturated carbocycles. The van der Waals surface area contributed by atoms with Crippen molar-refractivity contribution in [2.45, 2.75) is 27.2 Å². The van der Waals surface area contributed by atoms with Crippen LogP contribution in [-0.2, 0) is 4.79 Å². The molecule has 4 nitrogen and oxygen atoms in total. The van der Waals surface area contributed by atoms with Crippen LogP contribution < -0.4 is 5.73 Å². The molecule has 0 heterocycles. The standard InChI is InChI=1S/C8H17N3O/c1-4-5-11(10-6-9)8(12)7(2)3/h6-7H,4-5H2,1-3H3,(H2,9,10). The Balaban J connectivity index is 4.19. The zero-order valence-electron chi connectivity index (χ0n) is 7.95. The van der Waals surface area contributed by atoms with Crippen molar-refractivity contribution in [1.82, 2.24) is 5.01 Å². The third-order valence-corrected chi connectivity index (χ3v) is 1.39. The van der Waals surface area contributed by atoms with Gasteiger partial charge in [-0.3, -0.25) is 4.79 Å². The molecule has 70 valence electrons. The van der Waals surface area contributed by atoms with Crippen LogP contribution in [0.1, 0.15) is 27.2 Å². The molecule has 0 bridgehead atoms. The maximum Gasteiger partial charge on any atom is 0.245 e. The van der Waals surface area contributed by atoms with Crippen molar-refractivity contribution in [3.8, 4) is 0 Å². The zero-order chi connectivity index (χ0) is 9.56. The summed E-state index contributed by atoms with van der Waals surface area (Å²) >= 11 is 0. The summed E-state index contributed by atoms with van der Waals surface area (Å²) < 4.78 is 0. The van der Waals surface area contributed by atoms with E-state index < -0.39 is 0 Å². The molecule has 0 aromatic carbocycles. The Labute approximate surface area is 73.4 Å². The lowest BCUT2D eigenvalue weighted by atomic mass is 10.2. The number of hydrogen-bond donors (Lipinski definition) is 1. The van der Waals surface area contributed by atoms with Gasteiger partial charge in [-0.2, -0.15) is 5.10 Å². The molecule has 0 aromatic rings. The van der Waals surface area contributed by atoms with Crippen LogP contribution in [0.3, 0.4) is 0 Å². The number of carbonyl (C=O) groups is 1. The first-order valence-electron chi connectivity index (χ1n) is 4.19. The number of carbonyl (C=O) groups excluding carboxylic acids is 1. The predicted molar refractivity (Wildman–Crippen MR) is 49.5 cm³/mol. The molecule has 0 unspecified atom stereocenters. The number of nitrogens with zero attached hydrogens (tertiary/aromatic N) is 2. The lowest BCUT2D eigenvalue weighted by Gasteiger charge is -2.17. The van der Waals surface area contributed by atoms with Crippen molar-refractivity contribution < 1.29 is 4.79 Å². The Hall–Kier alpha value is -1.06. The molecule has 0 saturated heterocycles. The Morgan fingerprint density at radius 3 is 2.58 bits per heavy atom. The Bertz CT molecular complexity index is 166. The van der Waals surface area contributed by atoms with Gasteiger partial charge >= 0.3 is 0 Å². The molecule has 0 rings (SSSR count). The second-order valence-corrected chi connectivity index (χ2v) is 2.88. The normalized spacial score (nSPS) is 11.0. The van der Waals surface area contributed by atoms with Gasteiger partial charge in [0.05, 0.1) is 0 Å². The number of amides is 1. The van der Waals surface area contributed by atoms with Crippen LogP contribution in [0.25, 0.3) is 0 Å². The van der Waals surface area contributed by atoms with E-state index in [1.54, 1.807) is 0 Å². The highest BCUT2D eigenvalue weighted by Gasteiger charge is 2.14. The lowest BCUT2D eigenvalue weighted by Crippen LogP contribution is -2.31. The van der Waals surface area contributed by atoms with Crippen molar-refractivity contribution in [2.75, 3.05) is 6.54 Å². The lowest BCUT2D eigenvalue weighted by molar-refractivity contribution is -0.134. The predicted octanol–water partition coefficient (Wildman–Crippen LogP) is 0.783. The largest absolute Gasteiger partial charge is 0.388 e. The third kappa shape index (κ3) is 3.37. The van der Waals surface area contributed by atoms with E-state index >= 15 is 0 Å². The minimum atomic E-state index is -0.0275. The number of nitrogens with two attached hydrogens (primary N) is 1. The molecule has 0 spiro atoms. The van der Waals surface area contributed by atoms with Gasteiger partial charge in [0.15, 0.2) is 0 Å². The molecule has 12 heavy (non-hydrogen) atoms. The molecular formula is C8H17N3O. The summed E-state index contributed by atoms with van der Waals surface area (Å²) in [6.07, 6.45) is 2.03. The van der Waals surface area contributed by atoms with E-state index in [1.807, 2.05) is 20.8 Å². The van der Waals surface area contributed by atoms with Gasteiger partial charge in [-0.05, 0) is 6.42 Å². The van der Waals surface area contributed by atoms with Crippen LogP contribution >= 0.6 is 0 Å². The van der Waals surface area contributed by atoms with Gasteiger partial charge in [0.1, 0.15) is 6.34 Å². The maximum atomic E-state index is 11.4. The first-order valence-corrected chi connectivity index (χ1v) is 4.19. The molecular weight excluding hydrogens is 154 g/mol. The number of hydrazone groups is 1. The van der Waals surface area contributed by atoms with Crippen LogP contribution in [0.2, 0.25) is 0 Å². The molecule has 0 fully saturated rings. The first kappa shape index (κ1) is 10.9. The summed E-state index contributed by atoms with van der Waals surface area (Å²) in [5.41, 5.74) is 5.11. The van der Waals surface area contributed by atoms with E-state index in [0.717, 1.165) is 12.8 Å². The first-order chi connectivity index (χ1) is 5.63. The van der Waals surface area contributed by atoms with E-state index in [9.17, 15) is 4.79 Å². The van der Waals surface area contributed by atoms with Crippen LogP contribution in [0.15, 0.2) is 5.10 Å². The van der Waals surface area contributed by atoms with E-state index in [2.05, 4.69) is 5.10 Å². The Morgan fingerprint density at radius 1 is 1.67 bits per heavy atom. The summed E-state index contributed by atoms with van der Waals surface area (Å²) in [6, 6.07) is 0. The average molecular weight is 171 g/mol. The Morgan fingerprint density at radius 2 is 2.25 bits per heavy atom. The SMILES string of the molecule is CCCN(/N=C\N)C(=O)C(C)C. The maximum absolute atomic E-state index is 11.4. The van der Waals surface area contributed by atoms with Crippen molar-refractivity contribution in [3.63, 3.8) is 0 Å². The second kappa shape index (κ2) is 5.57. The number of rotatable bonds is 4. The van der Waals surface area contributed by atoms with Crippen molar-refractivity contribution >= 4 is 12.2 Å². The Kier molecular flexibility index (Phi) is 5.08. The van der Waals surface area contributed by atoms with Gasteiger partial charge in [-0.25, -0.2) is 5.01 Å². The van der Waals surface area contributed by atoms with Crippen molar-refractivity contribution in [2.24, 2.45) is 16.8 Å². The molecule has 2 N–H and O–H groups in total. The average Bonchev–Trinajstić information content (AvgIpc) is 2.03. The molecule has 0 aliphatic carbocycles. The summed E-state index contributed by atoms with van der Waals surface area (Å²) in [6.45, 7) is 6.31. The van der Waals surface area contributed by atoms with E-state index in [-0.39, 0.29) is 11.8 Å². The van der Waals surface area contributed by atoms with E-state index in [0.29, 0.717) is 6.54 Å². The van der Waals surface area contributed by atoms with Gasteiger partial charge in [-0.15, -0.1) is 0 Å². The quantitative estimate of drug-likeness (QED) is 0.386. The highest BCUT2D eigenvalue weighted by Crippen LogP contribution is 2.02. The summed E-state index contributed by atoms with van der Waals surface area (Å²) in [5.74, 6) is -0.0150. The second-order valence-electron chi connectivity index (χ2n) is 2.88. The zero-order valence-corrected chi connectivity index (χ0v) is 7.95. The molecule has 0 aliphatic heterocycles. The molecule has 0 aliphatic rings. The summed E-state index contributed by atoms with van der Waals surface area (Å²) in [4.78, 5) is 11.4. The number of hydrogen-bond acceptors (Lipinski definition) is 2. The van der Waals surface area contributed by atoms with Gasteiger partial charge in [-0.1, -0.05) is 20.8 Å². The van der Waals surface area contributed by atoms with Crippen molar-refractivity contribution in [1.29, 1.82) is 0 Å². The third-order valence-electron chi connectivity index (χ3n) is 1.39. The fourth-order valence-corrected chi connectivity index (χ4v) is 0.815. The topological polar surface area (TPSA) is 58.7 Å². The van der Waals surface area contributed by atoms with Gasteiger partial charge in [0, 0.05) is 12.5 Å². The van der Waals surface area contributed by atoms with E-state index in [4.69, 9.17) is 5.73 Å². The fourth-order valence-electron chi connectivity index (χ4n) is 0.815. The van der Waals surface area contributed by atoms with Crippen molar-refractivity contribution in [3.05, 3.63) is 0 Å². The monoisotopic (exact) mass is 171 g/mol. The smallest absolute Gasteiger partial charge is 0.245 e. The van der Waals surface area contributed by atoms with E-state index in [1.165, 1.54) is 5.01 Å². The van der Waals surface area contributed by atoms with Crippen LogP contribution in [-0.4, -0.2) is 23.8 Å². The molecule has 0 aromatic heterocycles. The molecule has 4 heteroatoms. The molecule has 0 atom stereocenters. The van der Waals surface area contributed by atoms with Crippen LogP contribution in [0.4, 0.5) is 0 Å². The molecule has 1 amide bonds. The minimum Gasteiger partial charge on any atom is -0.388 e. The highest BCUT2D eigenvalue weighted by molar-refractivity contribution is 5.78. The summed E-state index contributed by atoms with van der Waals surface area (Å²) in [5, 5.41) is 5.18. The van der Waals surface area contributed by atoms with Crippen LogP contribution in [0, 0.1) is 5.92 Å². The fraction of sp³-hybridized carbons (Fsp3) is 0.750. The summed E-state index contributed by atoms with van der Waals surface area (Å²) in [7, 11) is 0. The highest BCUT2D eigenvalue weighted by atomic mass is 16.2. The van der Waals surface area contributed by atoms with Crippen LogP contribution in [0.5, 0.6) is 0 Å². The van der Waals surface area contributed by atoms with Gasteiger partial charge in [0.2, 0.25) is 5.91 Å².